The van der Waals surface area contributed by atoms with Crippen molar-refractivity contribution < 1.29 is 0 Å². The molecule has 5 nitrogen and oxygen atoms in total. The number of anilines is 1. The summed E-state index contributed by atoms with van der Waals surface area (Å²) in [6, 6.07) is 0.382. The zero-order valence-electron chi connectivity index (χ0n) is 9.10. The van der Waals surface area contributed by atoms with E-state index in [1.807, 2.05) is 4.57 Å². The highest BCUT2D eigenvalue weighted by Gasteiger charge is 2.27. The molecule has 2 rings (SSSR count). The quantitative estimate of drug-likeness (QED) is 0.704. The number of nitrogen functional groups attached to an aromatic ring is 1. The number of aromatic amines is 1. The molecule has 1 aromatic rings. The van der Waals surface area contributed by atoms with Crippen molar-refractivity contribution in [1.82, 2.24) is 19.7 Å². The molecule has 1 saturated heterocycles. The van der Waals surface area contributed by atoms with Crippen molar-refractivity contribution in [2.45, 2.75) is 19.4 Å². The fourth-order valence-electron chi connectivity index (χ4n) is 2.36. The average molecular weight is 227 g/mol. The second-order valence-corrected chi connectivity index (χ2v) is 4.74. The van der Waals surface area contributed by atoms with Crippen LogP contribution >= 0.6 is 12.2 Å². The van der Waals surface area contributed by atoms with Crippen LogP contribution < -0.4 is 5.73 Å². The summed E-state index contributed by atoms with van der Waals surface area (Å²) < 4.78 is 2.58. The summed E-state index contributed by atoms with van der Waals surface area (Å²) in [5.41, 5.74) is 5.81. The zero-order valence-corrected chi connectivity index (χ0v) is 9.92. The highest BCUT2D eigenvalue weighted by molar-refractivity contribution is 7.71. The average Bonchev–Trinajstić information content (AvgIpc) is 2.48. The minimum absolute atomic E-state index is 0.382. The summed E-state index contributed by atoms with van der Waals surface area (Å²) in [6.45, 7) is 4.40. The molecule has 3 N–H and O–H groups in total. The minimum Gasteiger partial charge on any atom is -0.368 e. The molecule has 0 radical (unpaired) electrons. The fraction of sp³-hybridized carbons (Fsp3) is 0.778. The van der Waals surface area contributed by atoms with Crippen LogP contribution in [0.4, 0.5) is 5.95 Å². The van der Waals surface area contributed by atoms with E-state index in [1.54, 1.807) is 0 Å². The Morgan fingerprint density at radius 2 is 2.33 bits per heavy atom. The topological polar surface area (TPSA) is 62.9 Å². The molecule has 2 heterocycles. The molecule has 6 heteroatoms. The number of aromatic nitrogens is 3. The van der Waals surface area contributed by atoms with E-state index in [4.69, 9.17) is 18.0 Å². The van der Waals surface area contributed by atoms with Gasteiger partial charge in [0.2, 0.25) is 5.95 Å². The van der Waals surface area contributed by atoms with Gasteiger partial charge < -0.3 is 10.6 Å². The van der Waals surface area contributed by atoms with Crippen LogP contribution in [0.1, 0.15) is 19.4 Å². The SMILES string of the molecule is CC1CN(C)CCC1n1c(N)n[nH]c1=S. The van der Waals surface area contributed by atoms with Crippen molar-refractivity contribution >= 4 is 18.2 Å². The number of hydrogen-bond acceptors (Lipinski definition) is 4. The maximum atomic E-state index is 5.81. The normalized spacial score (nSPS) is 28.1. The van der Waals surface area contributed by atoms with Crippen LogP contribution in [0, 0.1) is 10.7 Å². The first-order chi connectivity index (χ1) is 7.09. The van der Waals surface area contributed by atoms with E-state index < -0.39 is 0 Å². The smallest absolute Gasteiger partial charge is 0.220 e. The van der Waals surface area contributed by atoms with Crippen LogP contribution in [-0.4, -0.2) is 39.8 Å². The third-order valence-corrected chi connectivity index (χ3v) is 3.41. The predicted molar refractivity (Wildman–Crippen MR) is 62.1 cm³/mol. The molecule has 0 aliphatic carbocycles. The van der Waals surface area contributed by atoms with E-state index in [2.05, 4.69) is 29.1 Å². The van der Waals surface area contributed by atoms with Crippen molar-refractivity contribution in [1.29, 1.82) is 0 Å². The number of H-pyrrole nitrogens is 1. The third kappa shape index (κ3) is 1.91. The summed E-state index contributed by atoms with van der Waals surface area (Å²) in [5, 5.41) is 6.70. The van der Waals surface area contributed by atoms with E-state index in [0.717, 1.165) is 19.5 Å². The van der Waals surface area contributed by atoms with Crippen LogP contribution in [0.2, 0.25) is 0 Å². The first-order valence-corrected chi connectivity index (χ1v) is 5.61. The van der Waals surface area contributed by atoms with Crippen LogP contribution in [0.3, 0.4) is 0 Å². The number of nitrogens with zero attached hydrogens (tertiary/aromatic N) is 3. The highest BCUT2D eigenvalue weighted by atomic mass is 32.1. The molecule has 1 fully saturated rings. The summed E-state index contributed by atoms with van der Waals surface area (Å²) in [4.78, 5) is 2.33. The lowest BCUT2D eigenvalue weighted by Crippen LogP contribution is -2.38. The second-order valence-electron chi connectivity index (χ2n) is 4.35. The van der Waals surface area contributed by atoms with E-state index in [-0.39, 0.29) is 0 Å². The molecular formula is C9H17N5S. The fourth-order valence-corrected chi connectivity index (χ4v) is 2.64. The van der Waals surface area contributed by atoms with E-state index >= 15 is 0 Å². The van der Waals surface area contributed by atoms with Crippen molar-refractivity contribution in [2.75, 3.05) is 25.9 Å². The molecule has 0 aromatic carbocycles. The van der Waals surface area contributed by atoms with Gasteiger partial charge in [-0.1, -0.05) is 6.92 Å². The second kappa shape index (κ2) is 3.94. The van der Waals surface area contributed by atoms with Crippen molar-refractivity contribution in [3.05, 3.63) is 4.77 Å². The Kier molecular flexibility index (Phi) is 2.79. The molecule has 1 aliphatic heterocycles. The lowest BCUT2D eigenvalue weighted by molar-refractivity contribution is 0.159. The number of rotatable bonds is 1. The summed E-state index contributed by atoms with van der Waals surface area (Å²) in [6.07, 6.45) is 1.08. The van der Waals surface area contributed by atoms with Gasteiger partial charge in [0.25, 0.3) is 0 Å². The Labute approximate surface area is 94.3 Å². The van der Waals surface area contributed by atoms with Crippen molar-refractivity contribution in [3.63, 3.8) is 0 Å². The summed E-state index contributed by atoms with van der Waals surface area (Å²) in [7, 11) is 2.14. The van der Waals surface area contributed by atoms with Crippen LogP contribution in [-0.2, 0) is 0 Å². The molecule has 0 bridgehead atoms. The van der Waals surface area contributed by atoms with Gasteiger partial charge >= 0.3 is 0 Å². The molecule has 2 unspecified atom stereocenters. The molecule has 0 saturated carbocycles. The van der Waals surface area contributed by atoms with Gasteiger partial charge in [0.15, 0.2) is 4.77 Å². The van der Waals surface area contributed by atoms with Gasteiger partial charge in [0.1, 0.15) is 0 Å². The lowest BCUT2D eigenvalue weighted by atomic mass is 9.94. The number of nitrogens with two attached hydrogens (primary N) is 1. The van der Waals surface area contributed by atoms with Gasteiger partial charge in [0, 0.05) is 12.6 Å². The standard InChI is InChI=1S/C9H17N5S/c1-6-5-13(2)4-3-7(6)14-8(10)11-12-9(14)15/h6-7H,3-5H2,1-2H3,(H2,10,11)(H,12,15). The monoisotopic (exact) mass is 227 g/mol. The maximum absolute atomic E-state index is 5.81. The first-order valence-electron chi connectivity index (χ1n) is 5.20. The van der Waals surface area contributed by atoms with Crippen LogP contribution in [0.5, 0.6) is 0 Å². The molecule has 0 amide bonds. The van der Waals surface area contributed by atoms with Crippen molar-refractivity contribution in [2.24, 2.45) is 5.92 Å². The van der Waals surface area contributed by atoms with Gasteiger partial charge in [-0.3, -0.25) is 4.57 Å². The van der Waals surface area contributed by atoms with Gasteiger partial charge in [-0.2, -0.15) is 0 Å². The summed E-state index contributed by atoms with van der Waals surface area (Å²) in [5.74, 6) is 1.05. The lowest BCUT2D eigenvalue weighted by Gasteiger charge is -2.35. The Morgan fingerprint density at radius 1 is 1.60 bits per heavy atom. The maximum Gasteiger partial charge on any atom is 0.220 e. The predicted octanol–water partition coefficient (Wildman–Crippen LogP) is 1.04. The van der Waals surface area contributed by atoms with Crippen LogP contribution in [0.25, 0.3) is 0 Å². The van der Waals surface area contributed by atoms with Gasteiger partial charge in [-0.05, 0) is 38.1 Å². The highest BCUT2D eigenvalue weighted by Crippen LogP contribution is 2.28. The largest absolute Gasteiger partial charge is 0.368 e. The number of piperidine rings is 1. The van der Waals surface area contributed by atoms with Crippen molar-refractivity contribution in [3.8, 4) is 0 Å². The zero-order chi connectivity index (χ0) is 11.0. The molecule has 15 heavy (non-hydrogen) atoms. The summed E-state index contributed by atoms with van der Waals surface area (Å²) >= 11 is 5.19. The molecular weight excluding hydrogens is 210 g/mol. The molecule has 0 spiro atoms. The molecule has 84 valence electrons. The van der Waals surface area contributed by atoms with Gasteiger partial charge in [-0.25, -0.2) is 5.10 Å². The first kappa shape index (κ1) is 10.6. The minimum atomic E-state index is 0.382. The Balaban J connectivity index is 2.28. The number of hydrogen-bond donors (Lipinski definition) is 2. The van der Waals surface area contributed by atoms with Crippen LogP contribution in [0.15, 0.2) is 0 Å². The van der Waals surface area contributed by atoms with Gasteiger partial charge in [-0.15, -0.1) is 5.10 Å². The van der Waals surface area contributed by atoms with E-state index in [0.29, 0.717) is 22.7 Å². The molecule has 2 atom stereocenters. The Hall–Kier alpha value is -0.880. The third-order valence-electron chi connectivity index (χ3n) is 3.13. The Morgan fingerprint density at radius 3 is 2.87 bits per heavy atom. The molecule has 1 aliphatic rings. The molecule has 1 aromatic heterocycles. The number of likely N-dealkylation sites (tertiary alicyclic amines) is 1. The Bertz CT molecular complexity index is 395. The number of nitrogens with one attached hydrogen (secondary N) is 1. The van der Waals surface area contributed by atoms with E-state index in [1.165, 1.54) is 0 Å². The van der Waals surface area contributed by atoms with E-state index in [9.17, 15) is 0 Å². The van der Waals surface area contributed by atoms with Gasteiger partial charge in [0.05, 0.1) is 0 Å².